The van der Waals surface area contributed by atoms with E-state index in [2.05, 4.69) is 17.4 Å². The Morgan fingerprint density at radius 3 is 2.39 bits per heavy atom. The van der Waals surface area contributed by atoms with Crippen LogP contribution >= 0.6 is 23.5 Å². The zero-order chi connectivity index (χ0) is 12.4. The van der Waals surface area contributed by atoms with E-state index in [1.54, 1.807) is 0 Å². The number of benzene rings is 1. The van der Waals surface area contributed by atoms with Crippen LogP contribution in [-0.4, -0.2) is 23.5 Å². The molecule has 18 heavy (non-hydrogen) atoms. The van der Waals surface area contributed by atoms with Gasteiger partial charge in [0.25, 0.3) is 5.91 Å². The van der Waals surface area contributed by atoms with Crippen molar-refractivity contribution < 1.29 is 4.79 Å². The van der Waals surface area contributed by atoms with Crippen LogP contribution in [0.1, 0.15) is 39.8 Å². The number of thioether (sulfide) groups is 2. The Morgan fingerprint density at radius 2 is 1.78 bits per heavy atom. The van der Waals surface area contributed by atoms with Gasteiger partial charge in [0.2, 0.25) is 0 Å². The average molecular weight is 279 g/mol. The summed E-state index contributed by atoms with van der Waals surface area (Å²) in [5.74, 6) is 2.58. The number of hydrogen-bond acceptors (Lipinski definition) is 3. The molecule has 1 aliphatic carbocycles. The van der Waals surface area contributed by atoms with Crippen LogP contribution in [0.25, 0.3) is 0 Å². The van der Waals surface area contributed by atoms with E-state index >= 15 is 0 Å². The first-order chi connectivity index (χ1) is 8.83. The second kappa shape index (κ2) is 5.57. The summed E-state index contributed by atoms with van der Waals surface area (Å²) in [6, 6.07) is 8.57. The molecule has 0 atom stereocenters. The highest BCUT2D eigenvalue weighted by atomic mass is 32.2. The van der Waals surface area contributed by atoms with E-state index in [1.165, 1.54) is 23.5 Å². The first-order valence-corrected chi connectivity index (χ1v) is 8.57. The molecule has 1 amide bonds. The van der Waals surface area contributed by atoms with Crippen molar-refractivity contribution in [2.24, 2.45) is 0 Å². The monoisotopic (exact) mass is 279 g/mol. The van der Waals surface area contributed by atoms with Crippen LogP contribution in [0, 0.1) is 0 Å². The topological polar surface area (TPSA) is 29.1 Å². The zero-order valence-corrected chi connectivity index (χ0v) is 11.9. The van der Waals surface area contributed by atoms with Crippen molar-refractivity contribution in [3.8, 4) is 0 Å². The molecule has 2 fully saturated rings. The Bertz CT molecular complexity index is 422. The van der Waals surface area contributed by atoms with Gasteiger partial charge in [-0.3, -0.25) is 4.79 Å². The maximum atomic E-state index is 11.9. The standard InChI is InChI=1S/C14H17NOS2/c16-13(15-12-6-7-12)10-2-4-11(5-3-10)14-17-8-1-9-18-14/h2-5,12,14H,1,6-9H2,(H,15,16). The highest BCUT2D eigenvalue weighted by Crippen LogP contribution is 2.43. The molecule has 2 aliphatic rings. The highest BCUT2D eigenvalue weighted by molar-refractivity contribution is 8.16. The van der Waals surface area contributed by atoms with Gasteiger partial charge in [0.15, 0.2) is 0 Å². The van der Waals surface area contributed by atoms with Crippen molar-refractivity contribution in [3.63, 3.8) is 0 Å². The Hall–Kier alpha value is -0.610. The molecule has 1 saturated heterocycles. The third kappa shape index (κ3) is 3.04. The normalized spacial score (nSPS) is 20.7. The summed E-state index contributed by atoms with van der Waals surface area (Å²) in [4.78, 5) is 11.9. The molecule has 0 unspecified atom stereocenters. The van der Waals surface area contributed by atoms with Crippen LogP contribution in [0.3, 0.4) is 0 Å². The Balaban J connectivity index is 1.65. The summed E-state index contributed by atoms with van der Waals surface area (Å²) < 4.78 is 0.555. The predicted octanol–water partition coefficient (Wildman–Crippen LogP) is 3.45. The number of nitrogens with one attached hydrogen (secondary N) is 1. The highest BCUT2D eigenvalue weighted by Gasteiger charge is 2.24. The lowest BCUT2D eigenvalue weighted by atomic mass is 10.1. The second-order valence-electron chi connectivity index (χ2n) is 4.80. The lowest BCUT2D eigenvalue weighted by Gasteiger charge is -2.21. The van der Waals surface area contributed by atoms with Crippen molar-refractivity contribution in [2.45, 2.75) is 29.9 Å². The Kier molecular flexibility index (Phi) is 3.85. The first-order valence-electron chi connectivity index (χ1n) is 6.47. The van der Waals surface area contributed by atoms with Gasteiger partial charge in [0.1, 0.15) is 0 Å². The minimum Gasteiger partial charge on any atom is -0.349 e. The maximum absolute atomic E-state index is 11.9. The van der Waals surface area contributed by atoms with E-state index in [-0.39, 0.29) is 5.91 Å². The summed E-state index contributed by atoms with van der Waals surface area (Å²) in [6.07, 6.45) is 3.59. The summed E-state index contributed by atoms with van der Waals surface area (Å²) in [5.41, 5.74) is 2.13. The number of carbonyl (C=O) groups is 1. The lowest BCUT2D eigenvalue weighted by Crippen LogP contribution is -2.25. The maximum Gasteiger partial charge on any atom is 0.251 e. The lowest BCUT2D eigenvalue weighted by molar-refractivity contribution is 0.0951. The minimum atomic E-state index is 0.0769. The van der Waals surface area contributed by atoms with Crippen molar-refractivity contribution in [3.05, 3.63) is 35.4 Å². The molecular formula is C14H17NOS2. The molecule has 1 aliphatic heterocycles. The number of rotatable bonds is 3. The Morgan fingerprint density at radius 1 is 1.11 bits per heavy atom. The molecule has 0 radical (unpaired) electrons. The molecule has 4 heteroatoms. The van der Waals surface area contributed by atoms with E-state index < -0.39 is 0 Å². The van der Waals surface area contributed by atoms with Gasteiger partial charge in [0.05, 0.1) is 4.58 Å². The second-order valence-corrected chi connectivity index (χ2v) is 7.52. The van der Waals surface area contributed by atoms with Crippen LogP contribution in [0.15, 0.2) is 24.3 Å². The summed E-state index contributed by atoms with van der Waals surface area (Å²) in [7, 11) is 0. The van der Waals surface area contributed by atoms with Crippen LogP contribution in [0.5, 0.6) is 0 Å². The van der Waals surface area contributed by atoms with Crippen molar-refractivity contribution in [1.29, 1.82) is 0 Å². The smallest absolute Gasteiger partial charge is 0.251 e. The molecule has 0 bridgehead atoms. The van der Waals surface area contributed by atoms with E-state index in [1.807, 2.05) is 35.7 Å². The molecule has 1 N–H and O–H groups in total. The van der Waals surface area contributed by atoms with Crippen molar-refractivity contribution >= 4 is 29.4 Å². The molecule has 96 valence electrons. The fourth-order valence-electron chi connectivity index (χ4n) is 1.97. The van der Waals surface area contributed by atoms with Gasteiger partial charge >= 0.3 is 0 Å². The van der Waals surface area contributed by atoms with Crippen LogP contribution in [0.4, 0.5) is 0 Å². The summed E-state index contributed by atoms with van der Waals surface area (Å²) >= 11 is 4.03. The van der Waals surface area contributed by atoms with Gasteiger partial charge in [-0.25, -0.2) is 0 Å². The van der Waals surface area contributed by atoms with E-state index in [9.17, 15) is 4.79 Å². The first kappa shape index (κ1) is 12.4. The summed E-state index contributed by atoms with van der Waals surface area (Å²) in [6.45, 7) is 0. The minimum absolute atomic E-state index is 0.0769. The van der Waals surface area contributed by atoms with Gasteiger partial charge in [0, 0.05) is 11.6 Å². The molecule has 1 aromatic carbocycles. The van der Waals surface area contributed by atoms with Crippen molar-refractivity contribution in [1.82, 2.24) is 5.32 Å². The molecule has 1 aromatic rings. The number of carbonyl (C=O) groups excluding carboxylic acids is 1. The van der Waals surface area contributed by atoms with Gasteiger partial charge < -0.3 is 5.32 Å². The molecule has 0 aromatic heterocycles. The Labute approximate surface area is 116 Å². The van der Waals surface area contributed by atoms with Gasteiger partial charge in [-0.2, -0.15) is 0 Å². The average Bonchev–Trinajstić information content (AvgIpc) is 3.24. The summed E-state index contributed by atoms with van der Waals surface area (Å²) in [5, 5.41) is 3.02. The van der Waals surface area contributed by atoms with E-state index in [0.717, 1.165) is 18.4 Å². The van der Waals surface area contributed by atoms with Crippen molar-refractivity contribution in [2.75, 3.05) is 11.5 Å². The molecule has 1 saturated carbocycles. The molecular weight excluding hydrogens is 262 g/mol. The zero-order valence-electron chi connectivity index (χ0n) is 10.2. The van der Waals surface area contributed by atoms with E-state index in [4.69, 9.17) is 0 Å². The SMILES string of the molecule is O=C(NC1CC1)c1ccc(C2SCCCS2)cc1. The number of amides is 1. The van der Waals surface area contributed by atoms with Gasteiger partial charge in [-0.1, -0.05) is 12.1 Å². The van der Waals surface area contributed by atoms with Crippen LogP contribution < -0.4 is 5.32 Å². The third-order valence-corrected chi connectivity index (χ3v) is 6.20. The fraction of sp³-hybridized carbons (Fsp3) is 0.500. The molecule has 3 rings (SSSR count). The molecule has 0 spiro atoms. The molecule has 1 heterocycles. The largest absolute Gasteiger partial charge is 0.349 e. The quantitative estimate of drug-likeness (QED) is 0.919. The van der Waals surface area contributed by atoms with Crippen LogP contribution in [0.2, 0.25) is 0 Å². The van der Waals surface area contributed by atoms with Gasteiger partial charge in [-0.05, 0) is 48.5 Å². The molecule has 2 nitrogen and oxygen atoms in total. The van der Waals surface area contributed by atoms with Crippen LogP contribution in [-0.2, 0) is 0 Å². The van der Waals surface area contributed by atoms with Gasteiger partial charge in [-0.15, -0.1) is 23.5 Å². The fourth-order valence-corrected chi connectivity index (χ4v) is 4.86. The number of hydrogen-bond donors (Lipinski definition) is 1. The van der Waals surface area contributed by atoms with E-state index in [0.29, 0.717) is 10.6 Å². The predicted molar refractivity (Wildman–Crippen MR) is 79.2 cm³/mol. The third-order valence-electron chi connectivity index (χ3n) is 3.18.